The Morgan fingerprint density at radius 3 is 2.79 bits per heavy atom. The molecule has 14 heavy (non-hydrogen) atoms. The van der Waals surface area contributed by atoms with Gasteiger partial charge in [-0.1, -0.05) is 0 Å². The minimum absolute atomic E-state index is 0.477. The van der Waals surface area contributed by atoms with E-state index in [1.165, 1.54) is 0 Å². The summed E-state index contributed by atoms with van der Waals surface area (Å²) in [6.07, 6.45) is 2.89. The van der Waals surface area contributed by atoms with Gasteiger partial charge in [-0.15, -0.1) is 11.8 Å². The summed E-state index contributed by atoms with van der Waals surface area (Å²) in [5.41, 5.74) is 0.575. The number of thioether (sulfide) groups is 1. The highest BCUT2D eigenvalue weighted by Gasteiger charge is 2.30. The Balaban J connectivity index is 1.87. The maximum atomic E-state index is 10.7. The van der Waals surface area contributed by atoms with Crippen molar-refractivity contribution < 1.29 is 14.6 Å². The highest BCUT2D eigenvalue weighted by molar-refractivity contribution is 8.03. The smallest absolute Gasteiger partial charge is 0.332 e. The van der Waals surface area contributed by atoms with Gasteiger partial charge in [-0.25, -0.2) is 4.79 Å². The molecule has 1 fully saturated rings. The van der Waals surface area contributed by atoms with Crippen molar-refractivity contribution >= 4 is 17.7 Å². The van der Waals surface area contributed by atoms with Crippen LogP contribution in [-0.2, 0) is 9.53 Å². The Morgan fingerprint density at radius 1 is 1.50 bits per heavy atom. The summed E-state index contributed by atoms with van der Waals surface area (Å²) in [7, 11) is 0. The van der Waals surface area contributed by atoms with Gasteiger partial charge in [-0.3, -0.25) is 0 Å². The van der Waals surface area contributed by atoms with Gasteiger partial charge in [-0.05, 0) is 30.6 Å². The van der Waals surface area contributed by atoms with E-state index in [2.05, 4.69) is 0 Å². The molecule has 1 saturated heterocycles. The van der Waals surface area contributed by atoms with Crippen molar-refractivity contribution in [2.24, 2.45) is 5.92 Å². The van der Waals surface area contributed by atoms with Gasteiger partial charge in [-0.2, -0.15) is 0 Å². The topological polar surface area (TPSA) is 46.5 Å². The van der Waals surface area contributed by atoms with Crippen LogP contribution in [0.3, 0.4) is 0 Å². The molecule has 0 radical (unpaired) electrons. The normalized spacial score (nSPS) is 28.9. The van der Waals surface area contributed by atoms with Crippen LogP contribution in [0.1, 0.15) is 19.3 Å². The van der Waals surface area contributed by atoms with E-state index in [-0.39, 0.29) is 0 Å². The molecule has 0 aromatic carbocycles. The second kappa shape index (κ2) is 4.36. The summed E-state index contributed by atoms with van der Waals surface area (Å²) in [6, 6.07) is 0. The van der Waals surface area contributed by atoms with Crippen LogP contribution in [0, 0.1) is 5.92 Å². The fourth-order valence-corrected chi connectivity index (χ4v) is 3.29. The fraction of sp³-hybridized carbons (Fsp3) is 0.700. The summed E-state index contributed by atoms with van der Waals surface area (Å²) in [5, 5.41) is 11.1. The molecule has 1 N–H and O–H groups in total. The maximum Gasteiger partial charge on any atom is 0.332 e. The average Bonchev–Trinajstić information content (AvgIpc) is 2.68. The third-order valence-corrected chi connectivity index (χ3v) is 4.19. The Morgan fingerprint density at radius 2 is 2.21 bits per heavy atom. The SMILES string of the molecule is O=C(O)C1=CSC(C2CCOCC2)C1. The van der Waals surface area contributed by atoms with Gasteiger partial charge in [0.05, 0.1) is 0 Å². The van der Waals surface area contributed by atoms with Crippen molar-refractivity contribution in [2.45, 2.75) is 24.5 Å². The first-order valence-corrected chi connectivity index (χ1v) is 5.87. The van der Waals surface area contributed by atoms with Gasteiger partial charge >= 0.3 is 5.97 Å². The minimum atomic E-state index is -0.757. The Labute approximate surface area is 87.5 Å². The molecule has 0 aliphatic carbocycles. The standard InChI is InChI=1S/C10H14O3S/c11-10(12)8-5-9(14-6-8)7-1-3-13-4-2-7/h6-7,9H,1-5H2,(H,11,12). The van der Waals surface area contributed by atoms with Crippen molar-refractivity contribution in [1.82, 2.24) is 0 Å². The van der Waals surface area contributed by atoms with E-state index >= 15 is 0 Å². The van der Waals surface area contributed by atoms with E-state index in [4.69, 9.17) is 9.84 Å². The van der Waals surface area contributed by atoms with Gasteiger partial charge < -0.3 is 9.84 Å². The zero-order chi connectivity index (χ0) is 9.97. The highest BCUT2D eigenvalue weighted by atomic mass is 32.2. The number of carboxylic acid groups (broad SMARTS) is 1. The molecular weight excluding hydrogens is 200 g/mol. The minimum Gasteiger partial charge on any atom is -0.478 e. The molecule has 2 rings (SSSR count). The van der Waals surface area contributed by atoms with Crippen LogP contribution in [0.4, 0.5) is 0 Å². The van der Waals surface area contributed by atoms with Crippen molar-refractivity contribution in [1.29, 1.82) is 0 Å². The zero-order valence-electron chi connectivity index (χ0n) is 7.94. The predicted molar refractivity (Wildman–Crippen MR) is 55.3 cm³/mol. The molecule has 2 aliphatic heterocycles. The van der Waals surface area contributed by atoms with Gasteiger partial charge in [0.2, 0.25) is 0 Å². The number of carbonyl (C=O) groups is 1. The van der Waals surface area contributed by atoms with Gasteiger partial charge in [0.15, 0.2) is 0 Å². The number of ether oxygens (including phenoxy) is 1. The number of rotatable bonds is 2. The number of carboxylic acids is 1. The summed E-state index contributed by atoms with van der Waals surface area (Å²) in [6.45, 7) is 1.67. The van der Waals surface area contributed by atoms with Crippen LogP contribution in [0.2, 0.25) is 0 Å². The molecule has 4 heteroatoms. The first-order chi connectivity index (χ1) is 6.77. The van der Waals surface area contributed by atoms with E-state index in [9.17, 15) is 4.79 Å². The molecule has 1 atom stereocenters. The van der Waals surface area contributed by atoms with Crippen LogP contribution in [0.25, 0.3) is 0 Å². The second-order valence-electron chi connectivity index (χ2n) is 3.78. The quantitative estimate of drug-likeness (QED) is 0.762. The molecule has 0 aromatic heterocycles. The van der Waals surface area contributed by atoms with E-state index < -0.39 is 5.97 Å². The molecule has 2 heterocycles. The first-order valence-electron chi connectivity index (χ1n) is 4.93. The van der Waals surface area contributed by atoms with E-state index in [0.29, 0.717) is 16.7 Å². The Hall–Kier alpha value is -0.480. The molecule has 0 saturated carbocycles. The largest absolute Gasteiger partial charge is 0.478 e. The predicted octanol–water partition coefficient (Wildman–Crippen LogP) is 1.89. The molecule has 0 spiro atoms. The summed E-state index contributed by atoms with van der Waals surface area (Å²) < 4.78 is 5.29. The summed E-state index contributed by atoms with van der Waals surface area (Å²) in [4.78, 5) is 10.7. The van der Waals surface area contributed by atoms with Crippen LogP contribution in [0.15, 0.2) is 11.0 Å². The molecular formula is C10H14O3S. The average molecular weight is 214 g/mol. The van der Waals surface area contributed by atoms with Crippen LogP contribution >= 0.6 is 11.8 Å². The van der Waals surface area contributed by atoms with Crippen LogP contribution < -0.4 is 0 Å². The van der Waals surface area contributed by atoms with Crippen molar-refractivity contribution in [3.63, 3.8) is 0 Å². The maximum absolute atomic E-state index is 10.7. The van der Waals surface area contributed by atoms with E-state index in [1.54, 1.807) is 11.8 Å². The Bertz CT molecular complexity index is 256. The van der Waals surface area contributed by atoms with Crippen LogP contribution in [0.5, 0.6) is 0 Å². The number of hydrogen-bond acceptors (Lipinski definition) is 3. The monoisotopic (exact) mass is 214 g/mol. The van der Waals surface area contributed by atoms with E-state index in [0.717, 1.165) is 32.5 Å². The molecule has 1 unspecified atom stereocenters. The van der Waals surface area contributed by atoms with Crippen molar-refractivity contribution in [2.75, 3.05) is 13.2 Å². The molecule has 0 bridgehead atoms. The summed E-state index contributed by atoms with van der Waals surface area (Å²) >= 11 is 1.69. The van der Waals surface area contributed by atoms with Crippen molar-refractivity contribution in [3.8, 4) is 0 Å². The number of hydrogen-bond donors (Lipinski definition) is 1. The molecule has 78 valence electrons. The molecule has 3 nitrogen and oxygen atoms in total. The molecule has 0 amide bonds. The zero-order valence-corrected chi connectivity index (χ0v) is 8.76. The fourth-order valence-electron chi connectivity index (χ4n) is 1.99. The lowest BCUT2D eigenvalue weighted by molar-refractivity contribution is -0.132. The number of aliphatic carboxylic acids is 1. The lowest BCUT2D eigenvalue weighted by Gasteiger charge is -2.26. The molecule has 0 aromatic rings. The third-order valence-electron chi connectivity index (χ3n) is 2.87. The van der Waals surface area contributed by atoms with Gasteiger partial charge in [0, 0.05) is 24.0 Å². The van der Waals surface area contributed by atoms with E-state index in [1.807, 2.05) is 5.41 Å². The highest BCUT2D eigenvalue weighted by Crippen LogP contribution is 2.38. The summed E-state index contributed by atoms with van der Waals surface area (Å²) in [5.74, 6) is -0.117. The van der Waals surface area contributed by atoms with Gasteiger partial charge in [0.1, 0.15) is 0 Å². The third kappa shape index (κ3) is 2.12. The van der Waals surface area contributed by atoms with Crippen LogP contribution in [-0.4, -0.2) is 29.5 Å². The van der Waals surface area contributed by atoms with Gasteiger partial charge in [0.25, 0.3) is 0 Å². The lowest BCUT2D eigenvalue weighted by Crippen LogP contribution is -2.24. The second-order valence-corrected chi connectivity index (χ2v) is 4.89. The first kappa shape index (κ1) is 10.1. The lowest BCUT2D eigenvalue weighted by atomic mass is 9.93. The Kier molecular flexibility index (Phi) is 3.13. The molecule has 2 aliphatic rings. The van der Waals surface area contributed by atoms with Crippen molar-refractivity contribution in [3.05, 3.63) is 11.0 Å².